The van der Waals surface area contributed by atoms with Gasteiger partial charge in [-0.1, -0.05) is 39.0 Å². The summed E-state index contributed by atoms with van der Waals surface area (Å²) in [5.74, 6) is -0.379. The molecule has 0 aliphatic carbocycles. The largest absolute Gasteiger partial charge is 0.744 e. The predicted molar refractivity (Wildman–Crippen MR) is 181 cm³/mol. The van der Waals surface area contributed by atoms with Gasteiger partial charge in [-0.2, -0.15) is 21.4 Å². The maximum atomic E-state index is 12.0. The molecule has 2 N–H and O–H groups in total. The highest BCUT2D eigenvalue weighted by Gasteiger charge is 2.46. The van der Waals surface area contributed by atoms with Crippen molar-refractivity contribution in [3.63, 3.8) is 0 Å². The molecule has 0 spiro atoms. The lowest BCUT2D eigenvalue weighted by Crippen LogP contribution is -2.33. The van der Waals surface area contributed by atoms with E-state index < -0.39 is 46.9 Å². The molecule has 0 saturated heterocycles. The minimum atomic E-state index is -4.70. The smallest absolute Gasteiger partial charge is 0.294 e. The molecule has 0 bridgehead atoms. The van der Waals surface area contributed by atoms with E-state index in [1.807, 2.05) is 48.8 Å². The summed E-state index contributed by atoms with van der Waals surface area (Å²) in [6.45, 7) is 12.9. The number of hydrogen-bond donors (Lipinski definition) is 2. The third-order valence-corrected chi connectivity index (χ3v) is 11.7. The highest BCUT2D eigenvalue weighted by Crippen LogP contribution is 2.52. The second kappa shape index (κ2) is 13.1. The van der Waals surface area contributed by atoms with Crippen LogP contribution in [0.2, 0.25) is 0 Å². The van der Waals surface area contributed by atoms with Gasteiger partial charge in [-0.05, 0) is 75.1 Å². The first-order chi connectivity index (χ1) is 21.6. The van der Waals surface area contributed by atoms with Crippen LogP contribution < -0.4 is 4.90 Å². The van der Waals surface area contributed by atoms with Crippen molar-refractivity contribution in [3.05, 3.63) is 83.6 Å². The first-order valence-corrected chi connectivity index (χ1v) is 19.8. The first-order valence-electron chi connectivity index (χ1n) is 15.3. The SMILES string of the molecule is CCCN1/C(=C/C=C/C=C/C2=[N+](CCCS(=O)(=O)O)c3ccc(S(=O)(=O)[O-])cc3C2(C)C)C(C)(C(C)C)c2cc(S(=O)(=O)O)ccc21. The zero-order valence-corrected chi connectivity index (χ0v) is 29.8. The van der Waals surface area contributed by atoms with Crippen LogP contribution in [0, 0.1) is 5.92 Å². The van der Waals surface area contributed by atoms with Gasteiger partial charge in [0, 0.05) is 47.5 Å². The van der Waals surface area contributed by atoms with Crippen LogP contribution in [0.3, 0.4) is 0 Å². The van der Waals surface area contributed by atoms with Crippen LogP contribution in [0.15, 0.2) is 82.3 Å². The summed E-state index contributed by atoms with van der Waals surface area (Å²) in [4.78, 5) is 1.66. The number of hydrogen-bond acceptors (Lipinski definition) is 8. The van der Waals surface area contributed by atoms with Gasteiger partial charge in [0.15, 0.2) is 5.71 Å². The van der Waals surface area contributed by atoms with Crippen LogP contribution in [0.5, 0.6) is 0 Å². The van der Waals surface area contributed by atoms with Crippen molar-refractivity contribution in [1.29, 1.82) is 0 Å². The second-order valence-electron chi connectivity index (χ2n) is 12.9. The summed E-state index contributed by atoms with van der Waals surface area (Å²) < 4.78 is 103. The van der Waals surface area contributed by atoms with Gasteiger partial charge in [0.1, 0.15) is 16.7 Å². The zero-order valence-electron chi connectivity index (χ0n) is 27.3. The van der Waals surface area contributed by atoms with E-state index in [0.29, 0.717) is 17.8 Å². The van der Waals surface area contributed by atoms with Crippen molar-refractivity contribution in [2.45, 2.75) is 75.0 Å². The summed E-state index contributed by atoms with van der Waals surface area (Å²) in [5.41, 5.74) is 3.34. The molecule has 0 aromatic heterocycles. The molecule has 47 heavy (non-hydrogen) atoms. The van der Waals surface area contributed by atoms with Crippen molar-refractivity contribution in [1.82, 2.24) is 0 Å². The molecule has 2 aromatic carbocycles. The first kappa shape index (κ1) is 36.7. The Bertz CT molecular complexity index is 2030. The Hall–Kier alpha value is -3.14. The van der Waals surface area contributed by atoms with Crippen LogP contribution in [-0.2, 0) is 41.2 Å². The zero-order chi connectivity index (χ0) is 35.2. The van der Waals surface area contributed by atoms with Gasteiger partial charge in [-0.25, -0.2) is 8.42 Å². The quantitative estimate of drug-likeness (QED) is 0.167. The minimum Gasteiger partial charge on any atom is -0.744 e. The van der Waals surface area contributed by atoms with Gasteiger partial charge >= 0.3 is 0 Å². The van der Waals surface area contributed by atoms with Crippen molar-refractivity contribution >= 4 is 47.4 Å². The van der Waals surface area contributed by atoms with E-state index in [1.165, 1.54) is 24.3 Å². The van der Waals surface area contributed by atoms with Gasteiger partial charge in [-0.15, -0.1) is 0 Å². The number of rotatable bonds is 12. The van der Waals surface area contributed by atoms with E-state index in [0.717, 1.165) is 29.1 Å². The lowest BCUT2D eigenvalue weighted by Gasteiger charge is -2.33. The Balaban J connectivity index is 1.74. The monoisotopic (exact) mass is 706 g/mol. The molecule has 0 fully saturated rings. The number of allylic oxidation sites excluding steroid dienone is 6. The van der Waals surface area contributed by atoms with Crippen molar-refractivity contribution in [2.75, 3.05) is 23.7 Å². The minimum absolute atomic E-state index is 0.0717. The van der Waals surface area contributed by atoms with Gasteiger partial charge in [0.25, 0.3) is 20.2 Å². The fourth-order valence-electron chi connectivity index (χ4n) is 6.52. The normalized spacial score (nSPS) is 20.7. The Labute approximate surface area is 278 Å². The Morgan fingerprint density at radius 1 is 0.915 bits per heavy atom. The van der Waals surface area contributed by atoms with Crippen molar-refractivity contribution in [2.24, 2.45) is 5.92 Å². The summed E-state index contributed by atoms with van der Waals surface area (Å²) in [6, 6.07) is 8.82. The van der Waals surface area contributed by atoms with E-state index >= 15 is 0 Å². The molecular weight excluding hydrogens is 665 g/mol. The lowest BCUT2D eigenvalue weighted by atomic mass is 9.72. The molecular formula is C33H42N2O9S3. The van der Waals surface area contributed by atoms with Crippen LogP contribution in [0.25, 0.3) is 0 Å². The molecule has 0 radical (unpaired) electrons. The Morgan fingerprint density at radius 3 is 2.13 bits per heavy atom. The van der Waals surface area contributed by atoms with Gasteiger partial charge in [-0.3, -0.25) is 9.11 Å². The van der Waals surface area contributed by atoms with Crippen LogP contribution >= 0.6 is 0 Å². The summed E-state index contributed by atoms with van der Waals surface area (Å²) in [6.07, 6.45) is 10.3. The average molecular weight is 707 g/mol. The number of fused-ring (bicyclic) bond motifs is 2. The standard InChI is InChI=1S/C33H42N2O9S3/c1-7-18-34-29-17-15-25(47(42,43)44)22-27(29)33(6,23(2)3)31(34)13-10-8-9-12-30-32(4,5)26-21-24(46(39,40)41)14-16-28(26)35(30)19-11-20-45(36,37)38/h8-10,12-17,21-23H,7,11,18-20H2,1-6H3,(H2-,36,37,38,39,40,41,42,43,44). The van der Waals surface area contributed by atoms with Crippen molar-refractivity contribution < 1.29 is 43.5 Å². The summed E-state index contributed by atoms with van der Waals surface area (Å²) >= 11 is 0. The lowest BCUT2D eigenvalue weighted by molar-refractivity contribution is -0.437. The maximum Gasteiger partial charge on any atom is 0.294 e. The molecule has 0 amide bonds. The van der Waals surface area contributed by atoms with Gasteiger partial charge in [0.05, 0.1) is 21.0 Å². The second-order valence-corrected chi connectivity index (χ2v) is 17.3. The van der Waals surface area contributed by atoms with E-state index in [4.69, 9.17) is 0 Å². The van der Waals surface area contributed by atoms with Crippen LogP contribution in [0.1, 0.15) is 65.5 Å². The third-order valence-electron chi connectivity index (χ3n) is 9.21. The fraction of sp³-hybridized carbons (Fsp3) is 0.424. The molecule has 4 rings (SSSR count). The highest BCUT2D eigenvalue weighted by molar-refractivity contribution is 7.86. The molecule has 2 aliphatic rings. The average Bonchev–Trinajstić information content (AvgIpc) is 3.31. The molecule has 1 atom stereocenters. The summed E-state index contributed by atoms with van der Waals surface area (Å²) in [5, 5.41) is 0. The molecule has 14 heteroatoms. The molecule has 0 saturated carbocycles. The number of benzene rings is 2. The van der Waals surface area contributed by atoms with E-state index in [9.17, 15) is 38.9 Å². The molecule has 2 heterocycles. The Kier molecular flexibility index (Phi) is 10.2. The van der Waals surface area contributed by atoms with Crippen molar-refractivity contribution in [3.8, 4) is 0 Å². The van der Waals surface area contributed by atoms with Gasteiger partial charge in [0.2, 0.25) is 5.69 Å². The van der Waals surface area contributed by atoms with E-state index in [-0.39, 0.29) is 28.7 Å². The van der Waals surface area contributed by atoms with Crippen LogP contribution in [-0.4, -0.2) is 68.0 Å². The Morgan fingerprint density at radius 2 is 1.55 bits per heavy atom. The van der Waals surface area contributed by atoms with Gasteiger partial charge < -0.3 is 9.45 Å². The predicted octanol–water partition coefficient (Wildman–Crippen LogP) is 5.33. The van der Waals surface area contributed by atoms with E-state index in [1.54, 1.807) is 12.1 Å². The summed E-state index contributed by atoms with van der Waals surface area (Å²) in [7, 11) is -13.3. The topological polar surface area (TPSA) is 172 Å². The number of anilines is 1. The molecule has 11 nitrogen and oxygen atoms in total. The highest BCUT2D eigenvalue weighted by atomic mass is 32.2. The molecule has 2 aromatic rings. The van der Waals surface area contributed by atoms with Crippen LogP contribution in [0.4, 0.5) is 11.4 Å². The third kappa shape index (κ3) is 7.32. The molecule has 2 aliphatic heterocycles. The maximum absolute atomic E-state index is 12.0. The molecule has 1 unspecified atom stereocenters. The molecule has 256 valence electrons. The van der Waals surface area contributed by atoms with E-state index in [2.05, 4.69) is 32.6 Å². The fourth-order valence-corrected chi connectivity index (χ4v) is 8.02. The number of nitrogens with zero attached hydrogens (tertiary/aromatic N) is 2.